The van der Waals surface area contributed by atoms with Crippen molar-refractivity contribution < 1.29 is 13.0 Å². The third-order valence-electron chi connectivity index (χ3n) is 3.36. The first-order chi connectivity index (χ1) is 9.79. The van der Waals surface area contributed by atoms with Gasteiger partial charge in [0.2, 0.25) is 0 Å². The number of hydrogen-bond acceptors (Lipinski definition) is 2. The van der Waals surface area contributed by atoms with Crippen molar-refractivity contribution in [3.8, 4) is 0 Å². The van der Waals surface area contributed by atoms with Crippen molar-refractivity contribution >= 4 is 16.5 Å². The molecule has 5 heteroatoms. The first-order valence-corrected chi connectivity index (χ1v) is 7.81. The lowest BCUT2D eigenvalue weighted by atomic mass is 10.0. The predicted molar refractivity (Wildman–Crippen MR) is 81.5 cm³/mol. The molecule has 21 heavy (non-hydrogen) atoms. The maximum atomic E-state index is 13.8. The van der Waals surface area contributed by atoms with Gasteiger partial charge in [0.15, 0.2) is 0 Å². The summed E-state index contributed by atoms with van der Waals surface area (Å²) in [6.07, 6.45) is 0. The van der Waals surface area contributed by atoms with Gasteiger partial charge in [0.05, 0.1) is 16.6 Å². The van der Waals surface area contributed by atoms with E-state index in [4.69, 9.17) is 5.73 Å². The van der Waals surface area contributed by atoms with E-state index < -0.39 is 27.3 Å². The maximum Gasteiger partial charge on any atom is 0.144 e. The number of benzene rings is 2. The highest BCUT2D eigenvalue weighted by atomic mass is 32.2. The van der Waals surface area contributed by atoms with E-state index in [2.05, 4.69) is 0 Å². The Bertz CT molecular complexity index is 682. The van der Waals surface area contributed by atoms with E-state index in [9.17, 15) is 13.0 Å². The summed E-state index contributed by atoms with van der Waals surface area (Å²) >= 11 is 0. The molecule has 2 N–H and O–H groups in total. The first kappa shape index (κ1) is 15.6. The lowest BCUT2D eigenvalue weighted by Gasteiger charge is -2.12. The Hall–Kier alpha value is -1.75. The molecule has 2 rings (SSSR count). The molecule has 2 aromatic rings. The molecule has 0 aromatic heterocycles. The molecule has 0 saturated carbocycles. The average molecular weight is 309 g/mol. The fourth-order valence-electron chi connectivity index (χ4n) is 2.44. The molecule has 1 unspecified atom stereocenters. The van der Waals surface area contributed by atoms with Crippen molar-refractivity contribution in [3.63, 3.8) is 0 Å². The summed E-state index contributed by atoms with van der Waals surface area (Å²) in [5, 5.41) is 0. The Kier molecular flexibility index (Phi) is 4.42. The van der Waals surface area contributed by atoms with Crippen LogP contribution in [0, 0.1) is 32.4 Å². The highest BCUT2D eigenvalue weighted by Crippen LogP contribution is 2.25. The topological polar surface area (TPSA) is 43.1 Å². The minimum Gasteiger partial charge on any atom is -0.399 e. The lowest BCUT2D eigenvalue weighted by molar-refractivity contribution is 0.535. The van der Waals surface area contributed by atoms with Crippen LogP contribution < -0.4 is 5.73 Å². The van der Waals surface area contributed by atoms with E-state index >= 15 is 0 Å². The van der Waals surface area contributed by atoms with Crippen LogP contribution in [0.25, 0.3) is 0 Å². The van der Waals surface area contributed by atoms with E-state index in [0.717, 1.165) is 34.4 Å². The van der Waals surface area contributed by atoms with Gasteiger partial charge in [-0.15, -0.1) is 0 Å². The van der Waals surface area contributed by atoms with E-state index in [0.29, 0.717) is 0 Å². The number of nitrogens with two attached hydrogens (primary N) is 1. The highest BCUT2D eigenvalue weighted by molar-refractivity contribution is 7.84. The second-order valence-electron chi connectivity index (χ2n) is 5.18. The molecule has 0 bridgehead atoms. The summed E-state index contributed by atoms with van der Waals surface area (Å²) in [4.78, 5) is -0.413. The van der Waals surface area contributed by atoms with Crippen molar-refractivity contribution in [2.75, 3.05) is 5.73 Å². The van der Waals surface area contributed by atoms with Gasteiger partial charge in [-0.1, -0.05) is 17.7 Å². The summed E-state index contributed by atoms with van der Waals surface area (Å²) in [6.45, 7) is 5.78. The molecule has 0 radical (unpaired) electrons. The molecule has 1 atom stereocenters. The van der Waals surface area contributed by atoms with Gasteiger partial charge in [-0.05, 0) is 49.6 Å². The minimum absolute atomic E-state index is 0.0200. The second kappa shape index (κ2) is 5.93. The van der Waals surface area contributed by atoms with E-state index in [1.807, 2.05) is 32.9 Å². The van der Waals surface area contributed by atoms with Crippen molar-refractivity contribution in [1.82, 2.24) is 0 Å². The zero-order valence-corrected chi connectivity index (χ0v) is 13.0. The smallest absolute Gasteiger partial charge is 0.144 e. The third kappa shape index (κ3) is 3.29. The van der Waals surface area contributed by atoms with Crippen molar-refractivity contribution in [1.29, 1.82) is 0 Å². The summed E-state index contributed by atoms with van der Waals surface area (Å²) in [7, 11) is -1.80. The van der Waals surface area contributed by atoms with Crippen LogP contribution >= 0.6 is 0 Å². The molecule has 0 heterocycles. The van der Waals surface area contributed by atoms with Gasteiger partial charge >= 0.3 is 0 Å². The fourth-order valence-corrected chi connectivity index (χ4v) is 3.85. The van der Waals surface area contributed by atoms with Crippen molar-refractivity contribution in [2.45, 2.75) is 31.4 Å². The molecule has 0 amide bonds. The summed E-state index contributed by atoms with van der Waals surface area (Å²) in [6, 6.07) is 5.92. The maximum absolute atomic E-state index is 13.8. The quantitative estimate of drug-likeness (QED) is 0.877. The van der Waals surface area contributed by atoms with E-state index in [-0.39, 0.29) is 11.4 Å². The molecule has 112 valence electrons. The fraction of sp³-hybridized carbons (Fsp3) is 0.250. The van der Waals surface area contributed by atoms with Crippen LogP contribution in [0.15, 0.2) is 29.2 Å². The van der Waals surface area contributed by atoms with Crippen molar-refractivity contribution in [3.05, 3.63) is 58.2 Å². The van der Waals surface area contributed by atoms with Crippen LogP contribution in [0.2, 0.25) is 0 Å². The highest BCUT2D eigenvalue weighted by Gasteiger charge is 2.19. The summed E-state index contributed by atoms with van der Waals surface area (Å²) in [5.74, 6) is -1.66. The van der Waals surface area contributed by atoms with Gasteiger partial charge in [-0.2, -0.15) is 0 Å². The van der Waals surface area contributed by atoms with Crippen LogP contribution in [-0.2, 0) is 16.6 Å². The van der Waals surface area contributed by atoms with Gasteiger partial charge in [-0.3, -0.25) is 4.21 Å². The van der Waals surface area contributed by atoms with Crippen LogP contribution in [0.1, 0.15) is 22.3 Å². The molecule has 0 aliphatic heterocycles. The normalized spacial score (nSPS) is 12.4. The van der Waals surface area contributed by atoms with Crippen molar-refractivity contribution in [2.24, 2.45) is 0 Å². The van der Waals surface area contributed by atoms with Gasteiger partial charge < -0.3 is 5.73 Å². The predicted octanol–water partition coefficient (Wildman–Crippen LogP) is 3.78. The zero-order valence-electron chi connectivity index (χ0n) is 12.2. The van der Waals surface area contributed by atoms with Crippen LogP contribution in [0.5, 0.6) is 0 Å². The summed E-state index contributed by atoms with van der Waals surface area (Å²) in [5.41, 5.74) is 9.24. The Balaban J connectivity index is 2.40. The Morgan fingerprint density at radius 2 is 1.48 bits per heavy atom. The number of hydrogen-bond donors (Lipinski definition) is 1. The standard InChI is InChI=1S/C16H17F2NOS/c1-9-4-10(2)13(11(3)5-9)8-21(20)16-14(17)6-12(19)7-15(16)18/h4-7H,8,19H2,1-3H3. The monoisotopic (exact) mass is 309 g/mol. The van der Waals surface area contributed by atoms with Crippen LogP contribution in [0.3, 0.4) is 0 Å². The molecule has 0 saturated heterocycles. The number of nitrogen functional groups attached to an aromatic ring is 1. The largest absolute Gasteiger partial charge is 0.399 e. The Labute approximate surface area is 125 Å². The number of halogens is 2. The van der Waals surface area contributed by atoms with E-state index in [1.54, 1.807) is 0 Å². The summed E-state index contributed by atoms with van der Waals surface area (Å²) < 4.78 is 40.0. The number of aryl methyl sites for hydroxylation is 3. The van der Waals surface area contributed by atoms with Gasteiger partial charge in [-0.25, -0.2) is 8.78 Å². The third-order valence-corrected chi connectivity index (χ3v) is 4.76. The molecular weight excluding hydrogens is 292 g/mol. The molecule has 2 aromatic carbocycles. The molecule has 0 fully saturated rings. The lowest BCUT2D eigenvalue weighted by Crippen LogP contribution is -2.06. The average Bonchev–Trinajstić information content (AvgIpc) is 2.32. The molecule has 0 spiro atoms. The van der Waals surface area contributed by atoms with E-state index in [1.165, 1.54) is 0 Å². The SMILES string of the molecule is Cc1cc(C)c(CS(=O)c2c(F)cc(N)cc2F)c(C)c1. The molecule has 2 nitrogen and oxygen atoms in total. The Morgan fingerprint density at radius 3 is 1.95 bits per heavy atom. The molecule has 0 aliphatic rings. The van der Waals surface area contributed by atoms with Gasteiger partial charge in [0, 0.05) is 5.69 Å². The molecule has 0 aliphatic carbocycles. The van der Waals surface area contributed by atoms with Crippen LogP contribution in [0.4, 0.5) is 14.5 Å². The zero-order chi connectivity index (χ0) is 15.7. The Morgan fingerprint density at radius 1 is 1.00 bits per heavy atom. The number of anilines is 1. The number of rotatable bonds is 3. The minimum atomic E-state index is -1.80. The van der Waals surface area contributed by atoms with Crippen LogP contribution in [-0.4, -0.2) is 4.21 Å². The van der Waals surface area contributed by atoms with Gasteiger partial charge in [0.1, 0.15) is 16.5 Å². The molecular formula is C16H17F2NOS. The second-order valence-corrected chi connectivity index (χ2v) is 6.57. The first-order valence-electron chi connectivity index (χ1n) is 6.49. The van der Waals surface area contributed by atoms with Gasteiger partial charge in [0.25, 0.3) is 0 Å².